The number of rotatable bonds is 6. The number of nitrogens with one attached hydrogen (secondary N) is 2. The van der Waals surface area contributed by atoms with E-state index in [1.165, 1.54) is 6.33 Å². The molecule has 0 bridgehead atoms. The summed E-state index contributed by atoms with van der Waals surface area (Å²) >= 11 is 6.10. The van der Waals surface area contributed by atoms with Gasteiger partial charge < -0.3 is 15.4 Å². The van der Waals surface area contributed by atoms with Gasteiger partial charge in [0.25, 0.3) is 0 Å². The second-order valence-corrected chi connectivity index (χ2v) is 6.65. The molecule has 124 valence electrons. The predicted molar refractivity (Wildman–Crippen MR) is 88.5 cm³/mol. The second kappa shape index (κ2) is 8.17. The van der Waals surface area contributed by atoms with Gasteiger partial charge in [0.1, 0.15) is 22.9 Å². The first-order chi connectivity index (χ1) is 10.2. The lowest BCUT2D eigenvalue weighted by Crippen LogP contribution is -2.33. The van der Waals surface area contributed by atoms with Crippen LogP contribution >= 0.6 is 11.6 Å². The molecule has 0 aliphatic rings. The third-order valence-electron chi connectivity index (χ3n) is 2.73. The number of anilines is 1. The lowest BCUT2D eigenvalue weighted by molar-refractivity contribution is 0.0528. The summed E-state index contributed by atoms with van der Waals surface area (Å²) in [5, 5.41) is 6.42. The molecular weight excluding hydrogens is 304 g/mol. The van der Waals surface area contributed by atoms with Gasteiger partial charge in [-0.1, -0.05) is 25.4 Å². The van der Waals surface area contributed by atoms with E-state index in [0.29, 0.717) is 18.2 Å². The van der Waals surface area contributed by atoms with Gasteiger partial charge in [-0.05, 0) is 33.1 Å². The van der Waals surface area contributed by atoms with E-state index >= 15 is 0 Å². The van der Waals surface area contributed by atoms with E-state index in [1.807, 2.05) is 34.6 Å². The molecule has 0 aliphatic heterocycles. The average Bonchev–Trinajstić information content (AvgIpc) is 2.35. The van der Waals surface area contributed by atoms with Crippen molar-refractivity contribution in [3.05, 3.63) is 17.0 Å². The van der Waals surface area contributed by atoms with Gasteiger partial charge in [0.05, 0.1) is 0 Å². The van der Waals surface area contributed by atoms with Crippen LogP contribution in [0.5, 0.6) is 0 Å². The Morgan fingerprint density at radius 1 is 1.32 bits per heavy atom. The van der Waals surface area contributed by atoms with E-state index in [4.69, 9.17) is 16.3 Å². The van der Waals surface area contributed by atoms with Gasteiger partial charge in [-0.15, -0.1) is 0 Å². The average molecular weight is 329 g/mol. The number of amides is 1. The van der Waals surface area contributed by atoms with Crippen molar-refractivity contribution in [2.24, 2.45) is 0 Å². The first-order valence-electron chi connectivity index (χ1n) is 7.42. The summed E-state index contributed by atoms with van der Waals surface area (Å²) < 4.78 is 5.16. The highest BCUT2D eigenvalue weighted by Crippen LogP contribution is 2.27. The molecule has 0 fully saturated rings. The van der Waals surface area contributed by atoms with Gasteiger partial charge in [0.15, 0.2) is 0 Å². The van der Waals surface area contributed by atoms with Gasteiger partial charge in [-0.25, -0.2) is 14.8 Å². The van der Waals surface area contributed by atoms with Gasteiger partial charge in [0, 0.05) is 18.7 Å². The maximum Gasteiger partial charge on any atom is 0.407 e. The molecule has 0 spiro atoms. The van der Waals surface area contributed by atoms with Crippen LogP contribution in [-0.4, -0.2) is 34.8 Å². The Morgan fingerprint density at radius 2 is 2.00 bits per heavy atom. The quantitative estimate of drug-likeness (QED) is 0.616. The van der Waals surface area contributed by atoms with Crippen LogP contribution in [0.25, 0.3) is 0 Å². The van der Waals surface area contributed by atoms with Crippen molar-refractivity contribution < 1.29 is 9.53 Å². The van der Waals surface area contributed by atoms with Crippen LogP contribution in [0.3, 0.4) is 0 Å². The van der Waals surface area contributed by atoms with Crippen molar-refractivity contribution >= 4 is 23.5 Å². The highest BCUT2D eigenvalue weighted by atomic mass is 35.5. The van der Waals surface area contributed by atoms with Crippen molar-refractivity contribution in [2.75, 3.05) is 18.4 Å². The largest absolute Gasteiger partial charge is 0.444 e. The maximum atomic E-state index is 11.5. The lowest BCUT2D eigenvalue weighted by Gasteiger charge is -2.19. The van der Waals surface area contributed by atoms with Crippen LogP contribution in [0.15, 0.2) is 6.33 Å². The molecule has 1 aromatic rings. The smallest absolute Gasteiger partial charge is 0.407 e. The molecule has 0 atom stereocenters. The van der Waals surface area contributed by atoms with E-state index in [-0.39, 0.29) is 5.92 Å². The SMILES string of the molecule is CC(C)c1c(Cl)ncnc1NCCCNC(=O)OC(C)(C)C. The molecule has 0 aliphatic carbocycles. The molecule has 0 unspecified atom stereocenters. The Hall–Kier alpha value is -1.56. The number of aromatic nitrogens is 2. The maximum absolute atomic E-state index is 11.5. The highest BCUT2D eigenvalue weighted by Gasteiger charge is 2.15. The molecule has 0 radical (unpaired) electrons. The third-order valence-corrected chi connectivity index (χ3v) is 3.03. The molecule has 0 saturated carbocycles. The van der Waals surface area contributed by atoms with Gasteiger partial charge in [-0.3, -0.25) is 0 Å². The fourth-order valence-corrected chi connectivity index (χ4v) is 2.18. The molecule has 1 amide bonds. The van der Waals surface area contributed by atoms with E-state index < -0.39 is 11.7 Å². The van der Waals surface area contributed by atoms with E-state index in [1.54, 1.807) is 0 Å². The standard InChI is InChI=1S/C15H25ClN4O2/c1-10(2)11-12(16)19-9-20-13(11)17-7-6-8-18-14(21)22-15(3,4)5/h9-10H,6-8H2,1-5H3,(H,18,21)(H,17,19,20). The number of ether oxygens (including phenoxy) is 1. The number of halogens is 1. The Labute approximate surface area is 137 Å². The summed E-state index contributed by atoms with van der Waals surface area (Å²) in [6.07, 6.45) is 1.79. The number of hydrogen-bond donors (Lipinski definition) is 2. The summed E-state index contributed by atoms with van der Waals surface area (Å²) in [5.41, 5.74) is 0.427. The van der Waals surface area contributed by atoms with Gasteiger partial charge in [-0.2, -0.15) is 0 Å². The predicted octanol–water partition coefficient (Wildman–Crippen LogP) is 3.58. The van der Waals surface area contributed by atoms with Gasteiger partial charge in [0.2, 0.25) is 0 Å². The fraction of sp³-hybridized carbons (Fsp3) is 0.667. The summed E-state index contributed by atoms with van der Waals surface area (Å²) in [4.78, 5) is 19.7. The van der Waals surface area contributed by atoms with E-state index in [9.17, 15) is 4.79 Å². The van der Waals surface area contributed by atoms with Crippen molar-refractivity contribution in [3.63, 3.8) is 0 Å². The summed E-state index contributed by atoms with van der Waals surface area (Å²) in [5.74, 6) is 0.975. The molecule has 1 heterocycles. The Bertz CT molecular complexity index is 501. The molecule has 0 aromatic carbocycles. The second-order valence-electron chi connectivity index (χ2n) is 6.29. The van der Waals surface area contributed by atoms with Crippen LogP contribution < -0.4 is 10.6 Å². The van der Waals surface area contributed by atoms with Crippen molar-refractivity contribution in [1.29, 1.82) is 0 Å². The first kappa shape index (κ1) is 18.5. The van der Waals surface area contributed by atoms with E-state index in [2.05, 4.69) is 20.6 Å². The zero-order valence-electron chi connectivity index (χ0n) is 13.9. The van der Waals surface area contributed by atoms with Crippen LogP contribution in [-0.2, 0) is 4.74 Å². The minimum Gasteiger partial charge on any atom is -0.444 e. The molecular formula is C15H25ClN4O2. The van der Waals surface area contributed by atoms with Crippen molar-refractivity contribution in [2.45, 2.75) is 52.6 Å². The molecule has 0 saturated heterocycles. The highest BCUT2D eigenvalue weighted by molar-refractivity contribution is 6.30. The monoisotopic (exact) mass is 328 g/mol. The van der Waals surface area contributed by atoms with Crippen LogP contribution in [0, 0.1) is 0 Å². The number of carbonyl (C=O) groups is 1. The molecule has 1 rings (SSSR count). The minimum absolute atomic E-state index is 0.232. The number of alkyl carbamates (subject to hydrolysis) is 1. The molecule has 1 aromatic heterocycles. The number of carbonyl (C=O) groups excluding carboxylic acids is 1. The van der Waals surface area contributed by atoms with E-state index in [0.717, 1.165) is 17.8 Å². The molecule has 2 N–H and O–H groups in total. The topological polar surface area (TPSA) is 76.1 Å². The molecule has 6 nitrogen and oxygen atoms in total. The summed E-state index contributed by atoms with van der Waals surface area (Å²) in [6, 6.07) is 0. The lowest BCUT2D eigenvalue weighted by atomic mass is 10.1. The molecule has 7 heteroatoms. The number of nitrogens with zero attached hydrogens (tertiary/aromatic N) is 2. The minimum atomic E-state index is -0.480. The zero-order valence-corrected chi connectivity index (χ0v) is 14.6. The Balaban J connectivity index is 2.37. The van der Waals surface area contributed by atoms with Crippen molar-refractivity contribution in [1.82, 2.24) is 15.3 Å². The Morgan fingerprint density at radius 3 is 2.59 bits per heavy atom. The Kier molecular flexibility index (Phi) is 6.87. The van der Waals surface area contributed by atoms with Crippen LogP contribution in [0.2, 0.25) is 5.15 Å². The summed E-state index contributed by atoms with van der Waals surface area (Å²) in [6.45, 7) is 10.8. The zero-order chi connectivity index (χ0) is 16.8. The normalized spacial score (nSPS) is 11.4. The van der Waals surface area contributed by atoms with Gasteiger partial charge >= 0.3 is 6.09 Å². The third kappa shape index (κ3) is 6.47. The fourth-order valence-electron chi connectivity index (χ4n) is 1.83. The van der Waals surface area contributed by atoms with Crippen molar-refractivity contribution in [3.8, 4) is 0 Å². The van der Waals surface area contributed by atoms with Crippen LogP contribution in [0.4, 0.5) is 10.6 Å². The first-order valence-corrected chi connectivity index (χ1v) is 7.79. The van der Waals surface area contributed by atoms with Crippen LogP contribution in [0.1, 0.15) is 52.5 Å². The molecule has 22 heavy (non-hydrogen) atoms. The summed E-state index contributed by atoms with van der Waals surface area (Å²) in [7, 11) is 0. The number of hydrogen-bond acceptors (Lipinski definition) is 5.